The van der Waals surface area contributed by atoms with Crippen LogP contribution in [0.1, 0.15) is 35.1 Å². The largest absolute Gasteiger partial charge is 0.369 e. The second kappa shape index (κ2) is 7.72. The maximum Gasteiger partial charge on any atom is 0.266 e. The number of hydrogen-bond donors (Lipinski definition) is 2. The van der Waals surface area contributed by atoms with Crippen molar-refractivity contribution in [2.24, 2.45) is 5.92 Å². The van der Waals surface area contributed by atoms with Crippen molar-refractivity contribution in [2.45, 2.75) is 40.2 Å². The number of anilines is 1. The zero-order valence-electron chi connectivity index (χ0n) is 15.6. The van der Waals surface area contributed by atoms with Gasteiger partial charge in [-0.1, -0.05) is 17.7 Å². The number of hydrogen-bond acceptors (Lipinski definition) is 4. The van der Waals surface area contributed by atoms with Crippen molar-refractivity contribution >= 4 is 11.6 Å². The Morgan fingerprint density at radius 2 is 2.00 bits per heavy atom. The molecule has 0 spiro atoms. The lowest BCUT2D eigenvalue weighted by atomic mass is 9.96. The zero-order valence-corrected chi connectivity index (χ0v) is 15.6. The number of rotatable bonds is 4. The van der Waals surface area contributed by atoms with E-state index in [1.165, 1.54) is 28.3 Å². The normalized spacial score (nSPS) is 17.2. The van der Waals surface area contributed by atoms with Gasteiger partial charge in [0.1, 0.15) is 0 Å². The summed E-state index contributed by atoms with van der Waals surface area (Å²) < 4.78 is 0. The van der Waals surface area contributed by atoms with Gasteiger partial charge in [0.15, 0.2) is 0 Å². The molecule has 1 saturated heterocycles. The van der Waals surface area contributed by atoms with Crippen LogP contribution in [0.25, 0.3) is 0 Å². The molecule has 1 fully saturated rings. The van der Waals surface area contributed by atoms with Crippen molar-refractivity contribution < 1.29 is 4.79 Å². The minimum Gasteiger partial charge on any atom is -0.369 e. The van der Waals surface area contributed by atoms with Crippen molar-refractivity contribution in [3.05, 3.63) is 57.0 Å². The van der Waals surface area contributed by atoms with Crippen LogP contribution in [-0.2, 0) is 11.3 Å². The average molecular weight is 354 g/mol. The summed E-state index contributed by atoms with van der Waals surface area (Å²) in [5, 5.41) is 9.34. The summed E-state index contributed by atoms with van der Waals surface area (Å²) >= 11 is 0. The number of amides is 1. The maximum atomic E-state index is 12.7. The molecule has 1 aromatic heterocycles. The summed E-state index contributed by atoms with van der Waals surface area (Å²) in [6, 6.07) is 5.83. The molecule has 2 N–H and O–H groups in total. The third kappa shape index (κ3) is 4.12. The number of aromatic nitrogens is 2. The van der Waals surface area contributed by atoms with Crippen molar-refractivity contribution in [3.8, 4) is 0 Å². The molecule has 3 rings (SSSR count). The molecule has 1 aromatic carbocycles. The van der Waals surface area contributed by atoms with Crippen LogP contribution in [0.15, 0.2) is 29.2 Å². The lowest BCUT2D eigenvalue weighted by molar-refractivity contribution is -0.125. The van der Waals surface area contributed by atoms with Gasteiger partial charge in [-0.3, -0.25) is 9.59 Å². The molecule has 138 valence electrons. The maximum absolute atomic E-state index is 12.7. The molecular weight excluding hydrogens is 328 g/mol. The number of H-pyrrole nitrogens is 1. The molecule has 6 nitrogen and oxygen atoms in total. The quantitative estimate of drug-likeness (QED) is 0.883. The second-order valence-electron chi connectivity index (χ2n) is 7.18. The Morgan fingerprint density at radius 1 is 1.27 bits per heavy atom. The molecule has 1 aliphatic rings. The van der Waals surface area contributed by atoms with E-state index in [4.69, 9.17) is 0 Å². The molecule has 0 bridgehead atoms. The van der Waals surface area contributed by atoms with Crippen LogP contribution in [-0.4, -0.2) is 29.2 Å². The van der Waals surface area contributed by atoms with Crippen LogP contribution in [0.4, 0.5) is 5.69 Å². The fraction of sp³-hybridized carbons (Fsp3) is 0.450. The van der Waals surface area contributed by atoms with E-state index in [1.54, 1.807) is 6.20 Å². The first-order valence-electron chi connectivity index (χ1n) is 9.08. The molecule has 26 heavy (non-hydrogen) atoms. The molecule has 0 saturated carbocycles. The Balaban J connectivity index is 1.64. The van der Waals surface area contributed by atoms with E-state index in [2.05, 4.69) is 53.3 Å². The van der Waals surface area contributed by atoms with E-state index < -0.39 is 0 Å². The molecule has 0 radical (unpaired) electrons. The Bertz CT molecular complexity index is 836. The van der Waals surface area contributed by atoms with E-state index in [0.717, 1.165) is 25.1 Å². The van der Waals surface area contributed by atoms with Crippen LogP contribution < -0.4 is 15.8 Å². The van der Waals surface area contributed by atoms with Gasteiger partial charge >= 0.3 is 0 Å². The van der Waals surface area contributed by atoms with Crippen LogP contribution in [0.5, 0.6) is 0 Å². The van der Waals surface area contributed by atoms with Crippen LogP contribution in [0, 0.1) is 26.7 Å². The standard InChI is InChI=1S/C20H26N4O2/c1-13-7-14(2)18(15(3)8-13)11-21-20(26)16-5-4-6-24(12-16)17-9-19(25)23-22-10-17/h7-10,16H,4-6,11-12H2,1-3H3,(H,21,26)(H,23,25)/t16-/m1/s1. The smallest absolute Gasteiger partial charge is 0.266 e. The SMILES string of the molecule is Cc1cc(C)c(CNC(=O)[C@@H]2CCCN(c3cn[nH]c(=O)c3)C2)c(C)c1. The van der Waals surface area contributed by atoms with Crippen LogP contribution in [0.2, 0.25) is 0 Å². The fourth-order valence-corrected chi connectivity index (χ4v) is 3.77. The zero-order chi connectivity index (χ0) is 18.7. The average Bonchev–Trinajstić information content (AvgIpc) is 2.60. The molecule has 6 heteroatoms. The molecule has 0 unspecified atom stereocenters. The van der Waals surface area contributed by atoms with Gasteiger partial charge in [0.25, 0.3) is 5.56 Å². The highest BCUT2D eigenvalue weighted by Crippen LogP contribution is 2.22. The summed E-state index contributed by atoms with van der Waals surface area (Å²) in [6.45, 7) is 8.27. The highest BCUT2D eigenvalue weighted by molar-refractivity contribution is 5.79. The summed E-state index contributed by atoms with van der Waals surface area (Å²) in [4.78, 5) is 26.2. The monoisotopic (exact) mass is 354 g/mol. The Labute approximate surface area is 153 Å². The molecule has 0 aliphatic carbocycles. The number of piperidine rings is 1. The van der Waals surface area contributed by atoms with E-state index in [1.807, 2.05) is 0 Å². The van der Waals surface area contributed by atoms with Gasteiger partial charge in [0.2, 0.25) is 5.91 Å². The predicted molar refractivity (Wildman–Crippen MR) is 102 cm³/mol. The Kier molecular flexibility index (Phi) is 5.40. The first kappa shape index (κ1) is 18.2. The minimum atomic E-state index is -0.223. The number of nitrogens with zero attached hydrogens (tertiary/aromatic N) is 2. The first-order valence-corrected chi connectivity index (χ1v) is 9.08. The molecule has 1 amide bonds. The third-order valence-corrected chi connectivity index (χ3v) is 5.09. The summed E-state index contributed by atoms with van der Waals surface area (Å²) in [5.41, 5.74) is 5.40. The van der Waals surface area contributed by atoms with Crippen molar-refractivity contribution in [1.82, 2.24) is 15.5 Å². The topological polar surface area (TPSA) is 78.1 Å². The van der Waals surface area contributed by atoms with E-state index in [0.29, 0.717) is 13.1 Å². The molecule has 2 aromatic rings. The van der Waals surface area contributed by atoms with E-state index in [9.17, 15) is 9.59 Å². The van der Waals surface area contributed by atoms with Crippen molar-refractivity contribution in [1.29, 1.82) is 0 Å². The summed E-state index contributed by atoms with van der Waals surface area (Å²) in [6.07, 6.45) is 3.43. The first-order chi connectivity index (χ1) is 12.4. The number of nitrogens with one attached hydrogen (secondary N) is 2. The number of aryl methyl sites for hydroxylation is 3. The van der Waals surface area contributed by atoms with E-state index in [-0.39, 0.29) is 17.4 Å². The predicted octanol–water partition coefficient (Wildman–Crippen LogP) is 2.23. The molecule has 1 aliphatic heterocycles. The van der Waals surface area contributed by atoms with Crippen LogP contribution >= 0.6 is 0 Å². The van der Waals surface area contributed by atoms with Gasteiger partial charge in [0.05, 0.1) is 17.8 Å². The molecule has 1 atom stereocenters. The van der Waals surface area contributed by atoms with Gasteiger partial charge in [-0.25, -0.2) is 5.10 Å². The van der Waals surface area contributed by atoms with Gasteiger partial charge < -0.3 is 10.2 Å². The number of aromatic amines is 1. The lowest BCUT2D eigenvalue weighted by Crippen LogP contribution is -2.43. The van der Waals surface area contributed by atoms with Gasteiger partial charge in [0, 0.05) is 25.7 Å². The lowest BCUT2D eigenvalue weighted by Gasteiger charge is -2.33. The van der Waals surface area contributed by atoms with Crippen molar-refractivity contribution in [2.75, 3.05) is 18.0 Å². The second-order valence-corrected chi connectivity index (χ2v) is 7.18. The summed E-state index contributed by atoms with van der Waals surface area (Å²) in [5.74, 6) is 0.000901. The van der Waals surface area contributed by atoms with Crippen molar-refractivity contribution in [3.63, 3.8) is 0 Å². The number of benzene rings is 1. The number of carbonyl (C=O) groups excluding carboxylic acids is 1. The van der Waals surface area contributed by atoms with Gasteiger partial charge in [-0.15, -0.1) is 0 Å². The highest BCUT2D eigenvalue weighted by atomic mass is 16.2. The molecule has 2 heterocycles. The highest BCUT2D eigenvalue weighted by Gasteiger charge is 2.26. The fourth-order valence-electron chi connectivity index (χ4n) is 3.77. The third-order valence-electron chi connectivity index (χ3n) is 5.09. The van der Waals surface area contributed by atoms with Gasteiger partial charge in [-0.2, -0.15) is 5.10 Å². The van der Waals surface area contributed by atoms with E-state index >= 15 is 0 Å². The Hall–Kier alpha value is -2.63. The summed E-state index contributed by atoms with van der Waals surface area (Å²) in [7, 11) is 0. The van der Waals surface area contributed by atoms with Crippen LogP contribution in [0.3, 0.4) is 0 Å². The van der Waals surface area contributed by atoms with Gasteiger partial charge in [-0.05, 0) is 50.3 Å². The minimum absolute atomic E-state index is 0.0749. The Morgan fingerprint density at radius 3 is 2.69 bits per heavy atom. The molecular formula is C20H26N4O2. The number of carbonyl (C=O) groups is 1.